The minimum absolute atomic E-state index is 0.000632. The van der Waals surface area contributed by atoms with E-state index in [4.69, 9.17) is 27.3 Å². The summed E-state index contributed by atoms with van der Waals surface area (Å²) in [5.41, 5.74) is 0.781. The maximum Gasteiger partial charge on any atom is 0.460 e. The summed E-state index contributed by atoms with van der Waals surface area (Å²) in [4.78, 5) is -0.902. The molecule has 66 heavy (non-hydrogen) atoms. The Morgan fingerprint density at radius 1 is 0.530 bits per heavy atom. The van der Waals surface area contributed by atoms with Gasteiger partial charge in [0.2, 0.25) is 0 Å². The molecule has 2 atom stereocenters. The average molecular weight is 969 g/mol. The first-order chi connectivity index (χ1) is 31.3. The summed E-state index contributed by atoms with van der Waals surface area (Å²) < 4.78 is 192. The van der Waals surface area contributed by atoms with E-state index in [9.17, 15) is 30.4 Å². The van der Waals surface area contributed by atoms with Gasteiger partial charge >= 0.3 is 33.4 Å². The van der Waals surface area contributed by atoms with Gasteiger partial charge in [0.15, 0.2) is 12.6 Å². The third kappa shape index (κ3) is 8.99. The molecule has 0 saturated carbocycles. The Hall–Kier alpha value is -5.21. The van der Waals surface area contributed by atoms with Crippen molar-refractivity contribution in [3.63, 3.8) is 0 Å². The van der Waals surface area contributed by atoms with Gasteiger partial charge in [-0.05, 0) is 142 Å². The summed E-state index contributed by atoms with van der Waals surface area (Å²) in [6, 6.07) is 32.2. The van der Waals surface area contributed by atoms with Crippen molar-refractivity contribution >= 4 is 42.0 Å². The maximum absolute atomic E-state index is 15.7. The van der Waals surface area contributed by atoms with Gasteiger partial charge in [0, 0.05) is 27.5 Å². The van der Waals surface area contributed by atoms with Crippen molar-refractivity contribution in [2.45, 2.75) is 95.7 Å². The summed E-state index contributed by atoms with van der Waals surface area (Å²) in [6.07, 6.45) is -4.52. The Balaban J connectivity index is 1.24. The van der Waals surface area contributed by atoms with E-state index in [1.54, 1.807) is 0 Å². The molecule has 0 spiro atoms. The molecule has 2 unspecified atom stereocenters. The third-order valence-electron chi connectivity index (χ3n) is 11.1. The summed E-state index contributed by atoms with van der Waals surface area (Å²) >= 11 is 0. The fraction of sp³-hybridized carbons (Fsp3) is 0.319. The van der Waals surface area contributed by atoms with Gasteiger partial charge in [0.25, 0.3) is 0 Å². The van der Waals surface area contributed by atoms with Crippen LogP contribution in [-0.2, 0) is 29.8 Å². The number of ether oxygens (including phenoxy) is 5. The van der Waals surface area contributed by atoms with Crippen LogP contribution >= 0.6 is 10.3 Å². The Morgan fingerprint density at radius 2 is 0.985 bits per heavy atom. The van der Waals surface area contributed by atoms with E-state index < -0.39 is 56.3 Å². The Kier molecular flexibility index (Phi) is 13.2. The van der Waals surface area contributed by atoms with Crippen LogP contribution in [0.15, 0.2) is 142 Å². The van der Waals surface area contributed by atoms with E-state index in [1.165, 1.54) is 72.8 Å². The van der Waals surface area contributed by atoms with Gasteiger partial charge in [0.05, 0.1) is 13.2 Å². The molecule has 6 aromatic rings. The normalized spacial score (nSPS) is 19.2. The predicted octanol–water partition coefficient (Wildman–Crippen LogP) is 13.4. The molecule has 2 aliphatic heterocycles. The Bertz CT molecular complexity index is 2680. The molecule has 2 aliphatic rings. The van der Waals surface area contributed by atoms with Crippen molar-refractivity contribution in [1.82, 2.24) is 0 Å². The van der Waals surface area contributed by atoms with Crippen molar-refractivity contribution < 1.29 is 75.2 Å². The first-order valence-electron chi connectivity index (χ1n) is 20.7. The molecule has 2 saturated heterocycles. The number of hydrogen-bond acceptors (Lipinski definition) is 8. The minimum Gasteiger partial charge on any atom is -0.489 e. The van der Waals surface area contributed by atoms with Gasteiger partial charge in [-0.15, -0.1) is 0 Å². The monoisotopic (exact) mass is 968 g/mol. The fourth-order valence-corrected chi connectivity index (χ4v) is 12.9. The highest BCUT2D eigenvalue weighted by molar-refractivity contribution is 8.33. The number of rotatable bonds is 15. The first-order valence-corrected chi connectivity index (χ1v) is 23.7. The maximum atomic E-state index is 15.7. The second-order valence-electron chi connectivity index (χ2n) is 15.6. The van der Waals surface area contributed by atoms with Crippen molar-refractivity contribution in [3.8, 4) is 17.2 Å². The van der Waals surface area contributed by atoms with Crippen LogP contribution in [0.3, 0.4) is 0 Å². The zero-order valence-corrected chi connectivity index (χ0v) is 36.3. The van der Waals surface area contributed by atoms with Crippen molar-refractivity contribution in [3.05, 3.63) is 133 Å². The van der Waals surface area contributed by atoms with Gasteiger partial charge in [-0.25, -0.2) is 3.63 Å². The molecule has 352 valence electrons. The van der Waals surface area contributed by atoms with Crippen LogP contribution in [0, 0.1) is 0 Å². The van der Waals surface area contributed by atoms with Crippen LogP contribution in [0.2, 0.25) is 0 Å². The number of hydrogen-bond donors (Lipinski definition) is 0. The number of fused-ring (bicyclic) bond motifs is 3. The van der Waals surface area contributed by atoms with Crippen molar-refractivity contribution in [2.24, 2.45) is 0 Å². The molecule has 2 heterocycles. The standard InChI is InChI=1S/C47H41F9O8S2/c48-44(49,46(52,53)54)45(50,51)47(55,56)66(57,58)64-65(37-23-17-34(18-24-37)62-42-13-5-7-27-59-42,38-25-19-35(20-26-38)63-43-14-6-8-28-60-43)36-21-15-33(16-22-36)61-30-32-29-31-9-1-2-10-39(31)41-12-4-3-11-40(32)41/h1-4,9-12,15-26,29,42-43H,5-8,13-14,27-28,30H2. The van der Waals surface area contributed by atoms with Gasteiger partial charge in [-0.1, -0.05) is 48.5 Å². The van der Waals surface area contributed by atoms with E-state index >= 15 is 17.6 Å². The van der Waals surface area contributed by atoms with Gasteiger partial charge in [-0.2, -0.15) is 47.9 Å². The number of alkyl halides is 9. The zero-order valence-electron chi connectivity index (χ0n) is 34.6. The van der Waals surface area contributed by atoms with Crippen LogP contribution in [-0.4, -0.2) is 57.5 Å². The van der Waals surface area contributed by atoms with Gasteiger partial charge < -0.3 is 23.7 Å². The molecule has 6 aromatic carbocycles. The average Bonchev–Trinajstić information content (AvgIpc) is 3.31. The lowest BCUT2D eigenvalue weighted by molar-refractivity contribution is -0.382. The second kappa shape index (κ2) is 18.5. The fourth-order valence-electron chi connectivity index (χ4n) is 7.69. The molecule has 8 rings (SSSR count). The zero-order chi connectivity index (χ0) is 47.0. The smallest absolute Gasteiger partial charge is 0.460 e. The van der Waals surface area contributed by atoms with Crippen LogP contribution in [0.1, 0.15) is 44.1 Å². The SMILES string of the molecule is O=S(=O)(OS(c1ccc(OCc2cc3ccccc3c3ccccc23)cc1)(c1ccc(OC2CCCCO2)cc1)c1ccc(OC2CCCCO2)cc1)C(F)(F)C(F)(F)C(F)(F)C(F)(F)F. The molecular formula is C47H41F9O8S2. The van der Waals surface area contributed by atoms with E-state index in [2.05, 4.69) is 0 Å². The summed E-state index contributed by atoms with van der Waals surface area (Å²) in [6.45, 7) is 0.804. The number of benzene rings is 6. The summed E-state index contributed by atoms with van der Waals surface area (Å²) in [5.74, 6) is -14.7. The van der Waals surface area contributed by atoms with Crippen LogP contribution in [0.5, 0.6) is 17.2 Å². The lowest BCUT2D eigenvalue weighted by Crippen LogP contribution is -2.63. The van der Waals surface area contributed by atoms with E-state index in [0.717, 1.165) is 52.8 Å². The van der Waals surface area contributed by atoms with Crippen molar-refractivity contribution in [2.75, 3.05) is 13.2 Å². The molecule has 0 bridgehead atoms. The highest BCUT2D eigenvalue weighted by Crippen LogP contribution is 2.72. The van der Waals surface area contributed by atoms with E-state index in [1.807, 2.05) is 54.6 Å². The van der Waals surface area contributed by atoms with E-state index in [0.29, 0.717) is 26.1 Å². The largest absolute Gasteiger partial charge is 0.489 e. The minimum atomic E-state index is -7.57. The Morgan fingerprint density at radius 3 is 1.45 bits per heavy atom. The molecule has 0 N–H and O–H groups in total. The molecule has 0 radical (unpaired) electrons. The lowest BCUT2D eigenvalue weighted by atomic mass is 9.98. The van der Waals surface area contributed by atoms with Gasteiger partial charge in [0.1, 0.15) is 23.9 Å². The molecular weight excluding hydrogens is 928 g/mol. The second-order valence-corrected chi connectivity index (χ2v) is 20.1. The molecule has 0 amide bonds. The Labute approximate surface area is 375 Å². The van der Waals surface area contributed by atoms with Gasteiger partial charge in [-0.3, -0.25) is 0 Å². The van der Waals surface area contributed by atoms with Crippen molar-refractivity contribution in [1.29, 1.82) is 0 Å². The topological polar surface area (TPSA) is 89.5 Å². The van der Waals surface area contributed by atoms with E-state index in [-0.39, 0.29) is 38.5 Å². The molecule has 19 heteroatoms. The summed E-state index contributed by atoms with van der Waals surface area (Å²) in [7, 11) is -11.9. The predicted molar refractivity (Wildman–Crippen MR) is 227 cm³/mol. The van der Waals surface area contributed by atoms with Crippen LogP contribution < -0.4 is 14.2 Å². The molecule has 0 aromatic heterocycles. The van der Waals surface area contributed by atoms with Crippen LogP contribution in [0.25, 0.3) is 21.5 Å². The molecule has 2 fully saturated rings. The summed E-state index contributed by atoms with van der Waals surface area (Å²) in [5, 5.41) is -3.40. The third-order valence-corrected chi connectivity index (χ3v) is 16.4. The molecule has 8 nitrogen and oxygen atoms in total. The lowest BCUT2D eigenvalue weighted by Gasteiger charge is -2.41. The number of halogens is 9. The highest BCUT2D eigenvalue weighted by Gasteiger charge is 2.86. The van der Waals surface area contributed by atoms with Crippen LogP contribution in [0.4, 0.5) is 39.5 Å². The molecule has 0 aliphatic carbocycles. The highest BCUT2D eigenvalue weighted by atomic mass is 32.3. The quantitative estimate of drug-likeness (QED) is 0.0743. The first kappa shape index (κ1) is 47.3.